The molecule has 2 aliphatic heterocycles. The summed E-state index contributed by atoms with van der Waals surface area (Å²) in [5, 5.41) is 10.3. The topological polar surface area (TPSA) is 104 Å². The van der Waals surface area contributed by atoms with Gasteiger partial charge in [0, 0.05) is 30.2 Å². The van der Waals surface area contributed by atoms with Crippen molar-refractivity contribution >= 4 is 29.4 Å². The van der Waals surface area contributed by atoms with Crippen molar-refractivity contribution in [2.45, 2.75) is 43.9 Å². The smallest absolute Gasteiger partial charge is 0.263 e. The van der Waals surface area contributed by atoms with Crippen LogP contribution in [0, 0.1) is 0 Å². The van der Waals surface area contributed by atoms with Crippen LogP contribution < -0.4 is 20.1 Å². The molecule has 1 aromatic carbocycles. The maximum Gasteiger partial charge on any atom is 0.263 e. The van der Waals surface area contributed by atoms with Gasteiger partial charge >= 0.3 is 0 Å². The van der Waals surface area contributed by atoms with Crippen molar-refractivity contribution in [3.8, 4) is 11.5 Å². The van der Waals surface area contributed by atoms with Crippen LogP contribution in [0.3, 0.4) is 0 Å². The third-order valence-electron chi connectivity index (χ3n) is 5.23. The minimum absolute atomic E-state index is 0.0414. The van der Waals surface area contributed by atoms with Crippen LogP contribution in [0.1, 0.15) is 31.0 Å². The quantitative estimate of drug-likeness (QED) is 0.561. The van der Waals surface area contributed by atoms with E-state index in [0.717, 1.165) is 48.0 Å². The van der Waals surface area contributed by atoms with Crippen molar-refractivity contribution in [1.29, 1.82) is 0 Å². The Kier molecular flexibility index (Phi) is 7.54. The van der Waals surface area contributed by atoms with E-state index in [1.807, 2.05) is 6.92 Å². The molecule has 3 heterocycles. The second kappa shape index (κ2) is 10.7. The highest BCUT2D eigenvalue weighted by Crippen LogP contribution is 2.34. The van der Waals surface area contributed by atoms with E-state index in [1.54, 1.807) is 40.7 Å². The number of aromatic nitrogens is 2. The number of rotatable bonds is 10. The molecule has 2 amide bonds. The van der Waals surface area contributed by atoms with Gasteiger partial charge in [-0.3, -0.25) is 9.59 Å². The van der Waals surface area contributed by atoms with Gasteiger partial charge < -0.3 is 24.8 Å². The van der Waals surface area contributed by atoms with Crippen LogP contribution in [0.2, 0.25) is 0 Å². The van der Waals surface area contributed by atoms with Gasteiger partial charge in [-0.1, -0.05) is 0 Å². The van der Waals surface area contributed by atoms with E-state index in [4.69, 9.17) is 14.2 Å². The highest BCUT2D eigenvalue weighted by atomic mass is 32.2. The van der Waals surface area contributed by atoms with Crippen LogP contribution in [-0.2, 0) is 32.4 Å². The molecule has 1 aromatic heterocycles. The van der Waals surface area contributed by atoms with Crippen LogP contribution >= 0.6 is 11.8 Å². The molecule has 172 valence electrons. The molecule has 32 heavy (non-hydrogen) atoms. The number of nitrogens with zero attached hydrogens (tertiary/aromatic N) is 2. The Labute approximate surface area is 191 Å². The lowest BCUT2D eigenvalue weighted by Gasteiger charge is -2.13. The van der Waals surface area contributed by atoms with Gasteiger partial charge in [-0.05, 0) is 44.0 Å². The summed E-state index contributed by atoms with van der Waals surface area (Å²) in [6, 6.07) is 7.11. The van der Waals surface area contributed by atoms with Gasteiger partial charge in [0.25, 0.3) is 5.91 Å². The fourth-order valence-electron chi connectivity index (χ4n) is 3.66. The summed E-state index contributed by atoms with van der Waals surface area (Å²) in [6.45, 7) is 3.64. The lowest BCUT2D eigenvalue weighted by Crippen LogP contribution is -2.35. The molecular weight excluding hydrogens is 432 g/mol. The Bertz CT molecular complexity index is 941. The standard InChI is InChI=1S/C22H28N4O5S/c1-2-29-15-5-7-16(8-6-15)31-12-21(28)24-22-18-13-32-14-19(18)25-26(22)11-20(27)23-10-17-4-3-9-30-17/h5-8,17H,2-4,9-14H2,1H3,(H,23,27)(H,24,28). The van der Waals surface area contributed by atoms with Crippen LogP contribution in [0.5, 0.6) is 11.5 Å². The maximum absolute atomic E-state index is 12.6. The van der Waals surface area contributed by atoms with Crippen molar-refractivity contribution in [3.05, 3.63) is 35.5 Å². The van der Waals surface area contributed by atoms with Crippen LogP contribution in [0.4, 0.5) is 5.82 Å². The van der Waals surface area contributed by atoms with E-state index in [1.165, 1.54) is 0 Å². The van der Waals surface area contributed by atoms with E-state index in [2.05, 4.69) is 15.7 Å². The summed E-state index contributed by atoms with van der Waals surface area (Å²) in [5.74, 6) is 2.95. The first-order valence-corrected chi connectivity index (χ1v) is 12.0. The Balaban J connectivity index is 1.33. The summed E-state index contributed by atoms with van der Waals surface area (Å²) in [6.07, 6.45) is 2.07. The molecule has 1 saturated heterocycles. The lowest BCUT2D eigenvalue weighted by atomic mass is 10.2. The molecule has 1 unspecified atom stereocenters. The molecule has 2 aliphatic rings. The van der Waals surface area contributed by atoms with Gasteiger partial charge in [0.2, 0.25) is 5.91 Å². The molecule has 9 nitrogen and oxygen atoms in total. The minimum Gasteiger partial charge on any atom is -0.494 e. The Morgan fingerprint density at radius 1 is 1.19 bits per heavy atom. The number of anilines is 1. The number of nitrogens with one attached hydrogen (secondary N) is 2. The first kappa shape index (κ1) is 22.5. The molecule has 0 saturated carbocycles. The minimum atomic E-state index is -0.306. The zero-order valence-corrected chi connectivity index (χ0v) is 18.9. The number of hydrogen-bond acceptors (Lipinski definition) is 7. The predicted octanol–water partition coefficient (Wildman–Crippen LogP) is 2.34. The normalized spacial score (nSPS) is 17.1. The largest absolute Gasteiger partial charge is 0.494 e. The third kappa shape index (κ3) is 5.74. The third-order valence-corrected chi connectivity index (χ3v) is 6.20. The van der Waals surface area contributed by atoms with Crippen molar-refractivity contribution in [2.24, 2.45) is 0 Å². The van der Waals surface area contributed by atoms with Crippen LogP contribution in [0.25, 0.3) is 0 Å². The highest BCUT2D eigenvalue weighted by molar-refractivity contribution is 7.98. The molecule has 0 spiro atoms. The monoisotopic (exact) mass is 460 g/mol. The second-order valence-electron chi connectivity index (χ2n) is 7.60. The summed E-state index contributed by atoms with van der Waals surface area (Å²) in [4.78, 5) is 25.0. The molecule has 2 N–H and O–H groups in total. The Morgan fingerprint density at radius 3 is 2.69 bits per heavy atom. The molecule has 4 rings (SSSR count). The molecule has 0 bridgehead atoms. The van der Waals surface area contributed by atoms with E-state index in [0.29, 0.717) is 24.7 Å². The zero-order valence-electron chi connectivity index (χ0n) is 18.1. The van der Waals surface area contributed by atoms with Gasteiger partial charge in [-0.2, -0.15) is 16.9 Å². The first-order valence-electron chi connectivity index (χ1n) is 10.8. The van der Waals surface area contributed by atoms with Gasteiger partial charge in [-0.25, -0.2) is 4.68 Å². The fraction of sp³-hybridized carbons (Fsp3) is 0.500. The highest BCUT2D eigenvalue weighted by Gasteiger charge is 2.25. The number of benzene rings is 1. The molecule has 1 fully saturated rings. The first-order chi connectivity index (χ1) is 15.6. The van der Waals surface area contributed by atoms with Crippen LogP contribution in [0.15, 0.2) is 24.3 Å². The Hall–Kier alpha value is -2.72. The summed E-state index contributed by atoms with van der Waals surface area (Å²) < 4.78 is 18.1. The number of thioether (sulfide) groups is 1. The number of carbonyl (C=O) groups excluding carboxylic acids is 2. The summed E-state index contributed by atoms with van der Waals surface area (Å²) in [7, 11) is 0. The number of fused-ring (bicyclic) bond motifs is 1. The fourth-order valence-corrected chi connectivity index (χ4v) is 4.70. The predicted molar refractivity (Wildman–Crippen MR) is 121 cm³/mol. The average molecular weight is 461 g/mol. The van der Waals surface area contributed by atoms with Gasteiger partial charge in [0.1, 0.15) is 23.9 Å². The summed E-state index contributed by atoms with van der Waals surface area (Å²) >= 11 is 1.73. The molecule has 1 atom stereocenters. The van der Waals surface area contributed by atoms with Gasteiger partial charge in [-0.15, -0.1) is 0 Å². The lowest BCUT2D eigenvalue weighted by molar-refractivity contribution is -0.122. The van der Waals surface area contributed by atoms with E-state index in [9.17, 15) is 9.59 Å². The Morgan fingerprint density at radius 2 is 1.97 bits per heavy atom. The second-order valence-corrected chi connectivity index (χ2v) is 8.59. The molecule has 10 heteroatoms. The van der Waals surface area contributed by atoms with Crippen molar-refractivity contribution in [1.82, 2.24) is 15.1 Å². The molecule has 2 aromatic rings. The van der Waals surface area contributed by atoms with E-state index < -0.39 is 0 Å². The van der Waals surface area contributed by atoms with Gasteiger partial charge in [0.05, 0.1) is 18.4 Å². The van der Waals surface area contributed by atoms with Gasteiger partial charge in [0.15, 0.2) is 6.61 Å². The van der Waals surface area contributed by atoms with E-state index >= 15 is 0 Å². The number of hydrogen-bond donors (Lipinski definition) is 2. The molecular formula is C22H28N4O5S. The number of carbonyl (C=O) groups is 2. The van der Waals surface area contributed by atoms with E-state index in [-0.39, 0.29) is 31.1 Å². The number of amides is 2. The zero-order chi connectivity index (χ0) is 22.3. The number of ether oxygens (including phenoxy) is 3. The van der Waals surface area contributed by atoms with Crippen molar-refractivity contribution in [2.75, 3.05) is 31.7 Å². The SMILES string of the molecule is CCOc1ccc(OCC(=O)Nc2c3c(nn2CC(=O)NCC2CCCO2)CSC3)cc1. The van der Waals surface area contributed by atoms with Crippen LogP contribution in [-0.4, -0.2) is 54.1 Å². The van der Waals surface area contributed by atoms with Crippen molar-refractivity contribution in [3.63, 3.8) is 0 Å². The molecule has 0 aliphatic carbocycles. The average Bonchev–Trinajstić information content (AvgIpc) is 3.52. The maximum atomic E-state index is 12.6. The summed E-state index contributed by atoms with van der Waals surface area (Å²) in [5.41, 5.74) is 1.88. The van der Waals surface area contributed by atoms with Crippen molar-refractivity contribution < 1.29 is 23.8 Å². The molecule has 0 radical (unpaired) electrons.